The lowest BCUT2D eigenvalue weighted by Gasteiger charge is -2.12. The summed E-state index contributed by atoms with van der Waals surface area (Å²) in [5.74, 6) is 0.691. The number of aromatic nitrogens is 1. The van der Waals surface area contributed by atoms with Gasteiger partial charge in [-0.25, -0.2) is 4.98 Å². The standard InChI is InChI=1S/C20H18N2O2S/c1-24-15-9-6-14(7-10-15)20-22-18(12-25-20)19(23)21-17-11-8-13-4-2-3-5-16(13)17/h2-7,9-10,12,17H,8,11H2,1H3,(H,21,23). The Kier molecular flexibility index (Phi) is 4.24. The summed E-state index contributed by atoms with van der Waals surface area (Å²) in [5, 5.41) is 5.77. The number of benzene rings is 2. The van der Waals surface area contributed by atoms with Crippen LogP contribution in [0.3, 0.4) is 0 Å². The lowest BCUT2D eigenvalue weighted by Crippen LogP contribution is -2.27. The maximum atomic E-state index is 12.6. The minimum absolute atomic E-state index is 0.0786. The first-order chi connectivity index (χ1) is 12.2. The molecular weight excluding hydrogens is 332 g/mol. The number of aryl methyl sites for hydroxylation is 1. The summed E-state index contributed by atoms with van der Waals surface area (Å²) < 4.78 is 5.17. The molecule has 126 valence electrons. The van der Waals surface area contributed by atoms with Gasteiger partial charge in [0.2, 0.25) is 0 Å². The summed E-state index contributed by atoms with van der Waals surface area (Å²) in [6.07, 6.45) is 1.95. The molecule has 1 aromatic heterocycles. The van der Waals surface area contributed by atoms with Crippen molar-refractivity contribution in [3.63, 3.8) is 0 Å². The van der Waals surface area contributed by atoms with Gasteiger partial charge in [0.15, 0.2) is 0 Å². The second kappa shape index (κ2) is 6.69. The Morgan fingerprint density at radius 3 is 2.80 bits per heavy atom. The van der Waals surface area contributed by atoms with Crippen LogP contribution in [0.1, 0.15) is 34.1 Å². The van der Waals surface area contributed by atoms with Crippen LogP contribution in [0.4, 0.5) is 0 Å². The highest BCUT2D eigenvalue weighted by atomic mass is 32.1. The van der Waals surface area contributed by atoms with Gasteiger partial charge < -0.3 is 10.1 Å². The lowest BCUT2D eigenvalue weighted by atomic mass is 10.1. The van der Waals surface area contributed by atoms with E-state index in [0.717, 1.165) is 29.2 Å². The fourth-order valence-corrected chi connectivity index (χ4v) is 3.99. The highest BCUT2D eigenvalue weighted by molar-refractivity contribution is 7.13. The molecule has 4 rings (SSSR count). The van der Waals surface area contributed by atoms with Crippen LogP contribution in [0.15, 0.2) is 53.9 Å². The van der Waals surface area contributed by atoms with E-state index in [9.17, 15) is 4.79 Å². The Labute approximate surface area is 150 Å². The van der Waals surface area contributed by atoms with Gasteiger partial charge in [0, 0.05) is 10.9 Å². The van der Waals surface area contributed by atoms with Crippen molar-refractivity contribution in [3.8, 4) is 16.3 Å². The molecule has 4 nitrogen and oxygen atoms in total. The average molecular weight is 350 g/mol. The number of nitrogens with one attached hydrogen (secondary N) is 1. The highest BCUT2D eigenvalue weighted by Crippen LogP contribution is 2.31. The number of amides is 1. The second-order valence-electron chi connectivity index (χ2n) is 6.03. The molecule has 3 aromatic rings. The van der Waals surface area contributed by atoms with Crippen LogP contribution < -0.4 is 10.1 Å². The molecule has 0 spiro atoms. The molecule has 1 amide bonds. The van der Waals surface area contributed by atoms with E-state index in [1.165, 1.54) is 22.5 Å². The molecule has 0 saturated carbocycles. The Morgan fingerprint density at radius 1 is 1.20 bits per heavy atom. The quantitative estimate of drug-likeness (QED) is 0.766. The molecular formula is C20H18N2O2S. The van der Waals surface area contributed by atoms with Crippen molar-refractivity contribution >= 4 is 17.2 Å². The van der Waals surface area contributed by atoms with Crippen molar-refractivity contribution in [2.24, 2.45) is 0 Å². The average Bonchev–Trinajstić information content (AvgIpc) is 3.30. The molecule has 1 N–H and O–H groups in total. The molecule has 2 aromatic carbocycles. The van der Waals surface area contributed by atoms with E-state index >= 15 is 0 Å². The zero-order valence-electron chi connectivity index (χ0n) is 13.9. The summed E-state index contributed by atoms with van der Waals surface area (Å²) in [6, 6.07) is 16.1. The van der Waals surface area contributed by atoms with E-state index in [2.05, 4.69) is 22.4 Å². The summed E-state index contributed by atoms with van der Waals surface area (Å²) >= 11 is 1.48. The van der Waals surface area contributed by atoms with Gasteiger partial charge in [-0.15, -0.1) is 11.3 Å². The Hall–Kier alpha value is -2.66. The van der Waals surface area contributed by atoms with Crippen LogP contribution in [0.5, 0.6) is 5.75 Å². The number of nitrogens with zero attached hydrogens (tertiary/aromatic N) is 1. The number of methoxy groups -OCH3 is 1. The number of carbonyl (C=O) groups is 1. The summed E-state index contributed by atoms with van der Waals surface area (Å²) in [7, 11) is 1.64. The van der Waals surface area contributed by atoms with E-state index in [1.54, 1.807) is 7.11 Å². The van der Waals surface area contributed by atoms with E-state index in [0.29, 0.717) is 5.69 Å². The molecule has 0 bridgehead atoms. The molecule has 25 heavy (non-hydrogen) atoms. The molecule has 0 radical (unpaired) electrons. The molecule has 5 heteroatoms. The van der Waals surface area contributed by atoms with Crippen molar-refractivity contribution < 1.29 is 9.53 Å². The smallest absolute Gasteiger partial charge is 0.271 e. The van der Waals surface area contributed by atoms with Crippen LogP contribution >= 0.6 is 11.3 Å². The monoisotopic (exact) mass is 350 g/mol. The van der Waals surface area contributed by atoms with Crippen molar-refractivity contribution in [2.75, 3.05) is 7.11 Å². The van der Waals surface area contributed by atoms with E-state index in [1.807, 2.05) is 41.8 Å². The van der Waals surface area contributed by atoms with Crippen molar-refractivity contribution in [1.82, 2.24) is 10.3 Å². The van der Waals surface area contributed by atoms with Gasteiger partial charge in [-0.05, 0) is 48.2 Å². The third-order valence-corrected chi connectivity index (χ3v) is 5.40. The third-order valence-electron chi connectivity index (χ3n) is 4.51. The second-order valence-corrected chi connectivity index (χ2v) is 6.89. The SMILES string of the molecule is COc1ccc(-c2nc(C(=O)NC3CCc4ccccc43)cs2)cc1. The maximum Gasteiger partial charge on any atom is 0.271 e. The molecule has 0 aliphatic heterocycles. The molecule has 1 heterocycles. The number of carbonyl (C=O) groups excluding carboxylic acids is 1. The number of rotatable bonds is 4. The van der Waals surface area contributed by atoms with Crippen molar-refractivity contribution in [3.05, 3.63) is 70.7 Å². The normalized spacial score (nSPS) is 15.6. The van der Waals surface area contributed by atoms with Crippen LogP contribution in [-0.2, 0) is 6.42 Å². The van der Waals surface area contributed by atoms with Crippen molar-refractivity contribution in [1.29, 1.82) is 0 Å². The van der Waals surface area contributed by atoms with E-state index in [-0.39, 0.29) is 11.9 Å². The minimum Gasteiger partial charge on any atom is -0.497 e. The predicted molar refractivity (Wildman–Crippen MR) is 99.1 cm³/mol. The number of hydrogen-bond acceptors (Lipinski definition) is 4. The van der Waals surface area contributed by atoms with Crippen LogP contribution in [0, 0.1) is 0 Å². The first-order valence-electron chi connectivity index (χ1n) is 8.23. The Bertz CT molecular complexity index is 902. The first kappa shape index (κ1) is 15.8. The van der Waals surface area contributed by atoms with Gasteiger partial charge in [0.25, 0.3) is 5.91 Å². The van der Waals surface area contributed by atoms with E-state index in [4.69, 9.17) is 4.74 Å². The number of hydrogen-bond donors (Lipinski definition) is 1. The molecule has 1 aliphatic carbocycles. The van der Waals surface area contributed by atoms with Crippen LogP contribution in [-0.4, -0.2) is 18.0 Å². The first-order valence-corrected chi connectivity index (χ1v) is 9.11. The molecule has 1 atom stereocenters. The third kappa shape index (κ3) is 3.15. The summed E-state index contributed by atoms with van der Waals surface area (Å²) in [5.41, 5.74) is 4.00. The zero-order chi connectivity index (χ0) is 17.2. The van der Waals surface area contributed by atoms with Crippen molar-refractivity contribution in [2.45, 2.75) is 18.9 Å². The Morgan fingerprint density at radius 2 is 2.00 bits per heavy atom. The molecule has 1 aliphatic rings. The van der Waals surface area contributed by atoms with Gasteiger partial charge >= 0.3 is 0 Å². The zero-order valence-corrected chi connectivity index (χ0v) is 14.7. The fourth-order valence-electron chi connectivity index (χ4n) is 3.18. The van der Waals surface area contributed by atoms with Gasteiger partial charge in [0.1, 0.15) is 16.5 Å². The Balaban J connectivity index is 1.49. The van der Waals surface area contributed by atoms with Crippen LogP contribution in [0.25, 0.3) is 10.6 Å². The summed E-state index contributed by atoms with van der Waals surface area (Å²) in [6.45, 7) is 0. The number of ether oxygens (including phenoxy) is 1. The topological polar surface area (TPSA) is 51.2 Å². The van der Waals surface area contributed by atoms with Crippen LogP contribution in [0.2, 0.25) is 0 Å². The number of fused-ring (bicyclic) bond motifs is 1. The van der Waals surface area contributed by atoms with Gasteiger partial charge in [-0.2, -0.15) is 0 Å². The van der Waals surface area contributed by atoms with Gasteiger partial charge in [-0.1, -0.05) is 24.3 Å². The minimum atomic E-state index is -0.113. The predicted octanol–water partition coefficient (Wildman–Crippen LogP) is 4.24. The molecule has 0 fully saturated rings. The lowest BCUT2D eigenvalue weighted by molar-refractivity contribution is 0.0932. The molecule has 1 unspecified atom stereocenters. The number of thiazole rings is 1. The molecule has 0 saturated heterocycles. The fraction of sp³-hybridized carbons (Fsp3) is 0.200. The summed E-state index contributed by atoms with van der Waals surface area (Å²) in [4.78, 5) is 17.1. The largest absolute Gasteiger partial charge is 0.497 e. The van der Waals surface area contributed by atoms with Gasteiger partial charge in [0.05, 0.1) is 13.2 Å². The van der Waals surface area contributed by atoms with E-state index < -0.39 is 0 Å². The van der Waals surface area contributed by atoms with Gasteiger partial charge in [-0.3, -0.25) is 4.79 Å². The maximum absolute atomic E-state index is 12.6. The highest BCUT2D eigenvalue weighted by Gasteiger charge is 2.24.